The van der Waals surface area contributed by atoms with Gasteiger partial charge in [-0.1, -0.05) is 24.3 Å². The zero-order valence-electron chi connectivity index (χ0n) is 11.7. The number of hydrogen-bond acceptors (Lipinski definition) is 2. The molecule has 0 radical (unpaired) electrons. The lowest BCUT2D eigenvalue weighted by atomic mass is 10.1. The lowest BCUT2D eigenvalue weighted by Gasteiger charge is -2.14. The van der Waals surface area contributed by atoms with Gasteiger partial charge in [0, 0.05) is 11.3 Å². The number of rotatable bonds is 2. The molecule has 21 heavy (non-hydrogen) atoms. The Balaban J connectivity index is 2.07. The Hall–Kier alpha value is -2.27. The van der Waals surface area contributed by atoms with Crippen LogP contribution in [0.1, 0.15) is 21.5 Å². The maximum absolute atomic E-state index is 13.1. The van der Waals surface area contributed by atoms with Crippen LogP contribution >= 0.6 is 12.2 Å². The summed E-state index contributed by atoms with van der Waals surface area (Å²) < 4.78 is 13.1. The Bertz CT molecular complexity index is 680. The normalized spacial score (nSPS) is 10.0. The lowest BCUT2D eigenvalue weighted by molar-refractivity contribution is 0.0977. The van der Waals surface area contributed by atoms with Crippen LogP contribution in [-0.2, 0) is 0 Å². The summed E-state index contributed by atoms with van der Waals surface area (Å²) in [5.41, 5.74) is 3.14. The van der Waals surface area contributed by atoms with Gasteiger partial charge in [-0.05, 0) is 55.4 Å². The van der Waals surface area contributed by atoms with E-state index in [4.69, 9.17) is 12.2 Å². The predicted octanol–water partition coefficient (Wildman–Crippen LogP) is 3.57. The molecule has 0 bridgehead atoms. The Morgan fingerprint density at radius 2 is 1.71 bits per heavy atom. The molecule has 0 saturated heterocycles. The highest BCUT2D eigenvalue weighted by molar-refractivity contribution is 7.80. The second-order valence-electron chi connectivity index (χ2n) is 4.69. The highest BCUT2D eigenvalue weighted by Crippen LogP contribution is 2.19. The van der Waals surface area contributed by atoms with Crippen LogP contribution in [-0.4, -0.2) is 11.0 Å². The van der Waals surface area contributed by atoms with E-state index in [1.807, 2.05) is 32.0 Å². The van der Waals surface area contributed by atoms with Gasteiger partial charge in [0.15, 0.2) is 5.11 Å². The molecule has 0 aliphatic carbocycles. The van der Waals surface area contributed by atoms with E-state index in [2.05, 4.69) is 10.6 Å². The van der Waals surface area contributed by atoms with Crippen molar-refractivity contribution in [1.82, 2.24) is 5.32 Å². The van der Waals surface area contributed by atoms with Crippen molar-refractivity contribution >= 4 is 28.9 Å². The molecule has 5 heteroatoms. The molecular formula is C16H15FN2OS. The van der Waals surface area contributed by atoms with Crippen LogP contribution in [0.2, 0.25) is 0 Å². The van der Waals surface area contributed by atoms with Crippen LogP contribution in [0, 0.1) is 19.7 Å². The van der Waals surface area contributed by atoms with Gasteiger partial charge in [-0.3, -0.25) is 10.1 Å². The summed E-state index contributed by atoms with van der Waals surface area (Å²) in [6, 6.07) is 11.3. The Labute approximate surface area is 128 Å². The number of benzene rings is 2. The molecule has 0 saturated carbocycles. The topological polar surface area (TPSA) is 41.1 Å². The first-order valence-corrected chi connectivity index (χ1v) is 6.82. The first kappa shape index (κ1) is 15.1. The molecule has 3 nitrogen and oxygen atoms in total. The summed E-state index contributed by atoms with van der Waals surface area (Å²) in [5, 5.41) is 5.72. The van der Waals surface area contributed by atoms with E-state index in [1.165, 1.54) is 18.2 Å². The van der Waals surface area contributed by atoms with Crippen LogP contribution in [0.3, 0.4) is 0 Å². The van der Waals surface area contributed by atoms with Gasteiger partial charge < -0.3 is 5.32 Å². The van der Waals surface area contributed by atoms with E-state index in [0.29, 0.717) is 0 Å². The first-order chi connectivity index (χ1) is 9.97. The van der Waals surface area contributed by atoms with E-state index in [-0.39, 0.29) is 10.7 Å². The largest absolute Gasteiger partial charge is 0.332 e. The molecule has 0 aliphatic heterocycles. The SMILES string of the molecule is Cc1cccc(C)c1NC(=S)NC(=O)c1cccc(F)c1. The third-order valence-corrected chi connectivity index (χ3v) is 3.24. The van der Waals surface area contributed by atoms with Gasteiger partial charge in [0.25, 0.3) is 5.91 Å². The molecule has 0 aliphatic rings. The molecule has 0 spiro atoms. The molecule has 1 amide bonds. The molecule has 108 valence electrons. The third kappa shape index (κ3) is 3.86. The molecule has 2 aromatic rings. The third-order valence-electron chi connectivity index (χ3n) is 3.03. The quantitative estimate of drug-likeness (QED) is 0.833. The zero-order chi connectivity index (χ0) is 15.4. The summed E-state index contributed by atoms with van der Waals surface area (Å²) in [7, 11) is 0. The first-order valence-electron chi connectivity index (χ1n) is 6.41. The Morgan fingerprint density at radius 3 is 2.33 bits per heavy atom. The fourth-order valence-electron chi connectivity index (χ4n) is 1.96. The Kier molecular flexibility index (Phi) is 4.65. The molecular weight excluding hydrogens is 287 g/mol. The number of carbonyl (C=O) groups excluding carboxylic acids is 1. The fourth-order valence-corrected chi connectivity index (χ4v) is 2.16. The van der Waals surface area contributed by atoms with E-state index in [1.54, 1.807) is 0 Å². The van der Waals surface area contributed by atoms with Gasteiger partial charge in [-0.2, -0.15) is 0 Å². The maximum atomic E-state index is 13.1. The molecule has 2 aromatic carbocycles. The van der Waals surface area contributed by atoms with Crippen LogP contribution in [0.5, 0.6) is 0 Å². The number of thiocarbonyl (C=S) groups is 1. The molecule has 0 aromatic heterocycles. The molecule has 0 heterocycles. The molecule has 0 fully saturated rings. The maximum Gasteiger partial charge on any atom is 0.257 e. The minimum atomic E-state index is -0.462. The highest BCUT2D eigenvalue weighted by Gasteiger charge is 2.10. The lowest BCUT2D eigenvalue weighted by Crippen LogP contribution is -2.34. The average Bonchev–Trinajstić information content (AvgIpc) is 2.43. The molecule has 2 rings (SSSR count). The van der Waals surface area contributed by atoms with E-state index in [0.717, 1.165) is 22.9 Å². The van der Waals surface area contributed by atoms with Crippen molar-refractivity contribution in [2.75, 3.05) is 5.32 Å². The molecule has 0 unspecified atom stereocenters. The summed E-state index contributed by atoms with van der Waals surface area (Å²) in [6.07, 6.45) is 0. The highest BCUT2D eigenvalue weighted by atomic mass is 32.1. The number of halogens is 1. The van der Waals surface area contributed by atoms with Gasteiger partial charge in [0.05, 0.1) is 0 Å². The minimum absolute atomic E-state index is 0.182. The predicted molar refractivity (Wildman–Crippen MR) is 86.0 cm³/mol. The van der Waals surface area contributed by atoms with Gasteiger partial charge >= 0.3 is 0 Å². The number of carbonyl (C=O) groups is 1. The van der Waals surface area contributed by atoms with E-state index < -0.39 is 11.7 Å². The number of para-hydroxylation sites is 1. The van der Waals surface area contributed by atoms with Gasteiger partial charge in [-0.25, -0.2) is 4.39 Å². The number of anilines is 1. The van der Waals surface area contributed by atoms with E-state index >= 15 is 0 Å². The van der Waals surface area contributed by atoms with Crippen LogP contribution in [0.25, 0.3) is 0 Å². The fraction of sp³-hybridized carbons (Fsp3) is 0.125. The van der Waals surface area contributed by atoms with Crippen molar-refractivity contribution in [3.05, 3.63) is 65.0 Å². The average molecular weight is 302 g/mol. The summed E-state index contributed by atoms with van der Waals surface area (Å²) in [4.78, 5) is 12.0. The second-order valence-corrected chi connectivity index (χ2v) is 5.09. The van der Waals surface area contributed by atoms with Crippen LogP contribution < -0.4 is 10.6 Å². The minimum Gasteiger partial charge on any atom is -0.332 e. The zero-order valence-corrected chi connectivity index (χ0v) is 12.6. The van der Waals surface area contributed by atoms with Gasteiger partial charge in [-0.15, -0.1) is 0 Å². The van der Waals surface area contributed by atoms with Crippen molar-refractivity contribution in [3.63, 3.8) is 0 Å². The number of amides is 1. The van der Waals surface area contributed by atoms with Crippen molar-refractivity contribution in [3.8, 4) is 0 Å². The smallest absolute Gasteiger partial charge is 0.257 e. The van der Waals surface area contributed by atoms with Crippen LogP contribution in [0.4, 0.5) is 10.1 Å². The summed E-state index contributed by atoms with van der Waals surface area (Å²) >= 11 is 5.13. The Morgan fingerprint density at radius 1 is 1.10 bits per heavy atom. The summed E-state index contributed by atoms with van der Waals surface area (Å²) in [5.74, 6) is -0.908. The van der Waals surface area contributed by atoms with Crippen LogP contribution in [0.15, 0.2) is 42.5 Å². The van der Waals surface area contributed by atoms with Crippen molar-refractivity contribution < 1.29 is 9.18 Å². The van der Waals surface area contributed by atoms with Gasteiger partial charge in [0.1, 0.15) is 5.82 Å². The molecule has 0 atom stereocenters. The van der Waals surface area contributed by atoms with Crippen molar-refractivity contribution in [1.29, 1.82) is 0 Å². The van der Waals surface area contributed by atoms with Crippen molar-refractivity contribution in [2.45, 2.75) is 13.8 Å². The van der Waals surface area contributed by atoms with E-state index in [9.17, 15) is 9.18 Å². The molecule has 2 N–H and O–H groups in total. The second kappa shape index (κ2) is 6.45. The van der Waals surface area contributed by atoms with Gasteiger partial charge in [0.2, 0.25) is 0 Å². The standard InChI is InChI=1S/C16H15FN2OS/c1-10-5-3-6-11(2)14(10)18-16(21)19-15(20)12-7-4-8-13(17)9-12/h3-9H,1-2H3,(H2,18,19,20,21). The number of nitrogens with one attached hydrogen (secondary N) is 2. The number of aryl methyl sites for hydroxylation is 2. The monoisotopic (exact) mass is 302 g/mol. The number of hydrogen-bond donors (Lipinski definition) is 2. The summed E-state index contributed by atoms with van der Waals surface area (Å²) in [6.45, 7) is 3.90. The van der Waals surface area contributed by atoms with Crippen molar-refractivity contribution in [2.24, 2.45) is 0 Å².